The summed E-state index contributed by atoms with van der Waals surface area (Å²) in [6, 6.07) is 4.66. The molecule has 1 fully saturated rings. The lowest BCUT2D eigenvalue weighted by atomic mass is 10.1. The van der Waals surface area contributed by atoms with Crippen molar-refractivity contribution >= 4 is 17.5 Å². The fourth-order valence-corrected chi connectivity index (χ4v) is 2.18. The van der Waals surface area contributed by atoms with Gasteiger partial charge in [0.25, 0.3) is 5.91 Å². The van der Waals surface area contributed by atoms with Crippen LogP contribution in [0.2, 0.25) is 5.02 Å². The van der Waals surface area contributed by atoms with Crippen LogP contribution in [0.4, 0.5) is 0 Å². The Labute approximate surface area is 105 Å². The van der Waals surface area contributed by atoms with Gasteiger partial charge in [0.1, 0.15) is 5.75 Å². The Kier molecular flexibility index (Phi) is 3.54. The maximum Gasteiger partial charge on any atom is 0.255 e. The van der Waals surface area contributed by atoms with Crippen molar-refractivity contribution in [3.8, 4) is 5.75 Å². The molecular formula is C12H15ClN2O2. The summed E-state index contributed by atoms with van der Waals surface area (Å²) < 4.78 is 0. The number of phenolic OH excluding ortho intramolecular Hbond substituents is 1. The lowest BCUT2D eigenvalue weighted by molar-refractivity contribution is 0.0936. The van der Waals surface area contributed by atoms with Crippen LogP contribution in [0, 0.1) is 0 Å². The van der Waals surface area contributed by atoms with Crippen molar-refractivity contribution in [1.29, 1.82) is 0 Å². The third kappa shape index (κ3) is 2.90. The molecule has 1 heterocycles. The maximum absolute atomic E-state index is 11.9. The van der Waals surface area contributed by atoms with E-state index in [0.29, 0.717) is 5.02 Å². The van der Waals surface area contributed by atoms with E-state index in [-0.39, 0.29) is 23.3 Å². The van der Waals surface area contributed by atoms with Crippen molar-refractivity contribution in [1.82, 2.24) is 10.2 Å². The smallest absolute Gasteiger partial charge is 0.255 e. The predicted octanol–water partition coefficient (Wildman–Crippen LogP) is 1.48. The first-order valence-corrected chi connectivity index (χ1v) is 5.92. The summed E-state index contributed by atoms with van der Waals surface area (Å²) >= 11 is 5.71. The Bertz CT molecular complexity index is 437. The Morgan fingerprint density at radius 2 is 2.35 bits per heavy atom. The SMILES string of the molecule is CN1CCC(NC(=O)c2ccc(Cl)cc2O)C1. The predicted molar refractivity (Wildman–Crippen MR) is 66.5 cm³/mol. The molecule has 2 rings (SSSR count). The fraction of sp³-hybridized carbons (Fsp3) is 0.417. The van der Waals surface area contributed by atoms with Crippen molar-refractivity contribution < 1.29 is 9.90 Å². The number of nitrogens with zero attached hydrogens (tertiary/aromatic N) is 1. The van der Waals surface area contributed by atoms with Gasteiger partial charge in [-0.15, -0.1) is 0 Å². The zero-order chi connectivity index (χ0) is 12.4. The summed E-state index contributed by atoms with van der Waals surface area (Å²) in [6.45, 7) is 1.83. The number of rotatable bonds is 2. The van der Waals surface area contributed by atoms with Gasteiger partial charge in [-0.3, -0.25) is 4.79 Å². The number of hydrogen-bond acceptors (Lipinski definition) is 3. The number of amides is 1. The minimum absolute atomic E-state index is 0.0821. The molecule has 1 aliphatic rings. The lowest BCUT2D eigenvalue weighted by Gasteiger charge is -2.13. The molecule has 92 valence electrons. The van der Waals surface area contributed by atoms with Crippen LogP contribution < -0.4 is 5.32 Å². The van der Waals surface area contributed by atoms with Gasteiger partial charge in [0, 0.05) is 17.6 Å². The van der Waals surface area contributed by atoms with E-state index in [1.807, 2.05) is 7.05 Å². The summed E-state index contributed by atoms with van der Waals surface area (Å²) in [4.78, 5) is 14.1. The van der Waals surface area contributed by atoms with E-state index in [1.54, 1.807) is 6.07 Å². The van der Waals surface area contributed by atoms with Gasteiger partial charge in [-0.25, -0.2) is 0 Å². The van der Waals surface area contributed by atoms with Crippen LogP contribution in [0.15, 0.2) is 18.2 Å². The molecule has 1 amide bonds. The van der Waals surface area contributed by atoms with E-state index in [9.17, 15) is 9.90 Å². The second-order valence-electron chi connectivity index (χ2n) is 4.38. The molecule has 2 N–H and O–H groups in total. The second kappa shape index (κ2) is 4.94. The number of phenols is 1. The number of likely N-dealkylation sites (tertiary alicyclic amines) is 1. The van der Waals surface area contributed by atoms with Gasteiger partial charge >= 0.3 is 0 Å². The minimum Gasteiger partial charge on any atom is -0.507 e. The number of halogens is 1. The molecule has 1 aromatic carbocycles. The maximum atomic E-state index is 11.9. The highest BCUT2D eigenvalue weighted by atomic mass is 35.5. The molecule has 5 heteroatoms. The topological polar surface area (TPSA) is 52.6 Å². The largest absolute Gasteiger partial charge is 0.507 e. The minimum atomic E-state index is -0.250. The number of benzene rings is 1. The second-order valence-corrected chi connectivity index (χ2v) is 4.82. The molecule has 1 atom stereocenters. The van der Waals surface area contributed by atoms with Crippen LogP contribution in [0.3, 0.4) is 0 Å². The lowest BCUT2D eigenvalue weighted by Crippen LogP contribution is -2.36. The number of likely N-dealkylation sites (N-methyl/N-ethyl adjacent to an activating group) is 1. The highest BCUT2D eigenvalue weighted by molar-refractivity contribution is 6.30. The average molecular weight is 255 g/mol. The van der Waals surface area contributed by atoms with E-state index < -0.39 is 0 Å². The zero-order valence-electron chi connectivity index (χ0n) is 9.61. The van der Waals surface area contributed by atoms with E-state index in [2.05, 4.69) is 10.2 Å². The fourth-order valence-electron chi connectivity index (χ4n) is 2.01. The number of hydrogen-bond donors (Lipinski definition) is 2. The molecule has 1 aromatic rings. The van der Waals surface area contributed by atoms with Gasteiger partial charge in [-0.1, -0.05) is 11.6 Å². The molecule has 0 saturated carbocycles. The van der Waals surface area contributed by atoms with Crippen molar-refractivity contribution in [2.24, 2.45) is 0 Å². The first-order valence-electron chi connectivity index (χ1n) is 5.54. The molecule has 4 nitrogen and oxygen atoms in total. The molecule has 0 aromatic heterocycles. The summed E-state index contributed by atoms with van der Waals surface area (Å²) in [6.07, 6.45) is 0.941. The van der Waals surface area contributed by atoms with Crippen molar-refractivity contribution in [2.45, 2.75) is 12.5 Å². The molecule has 0 radical (unpaired) electrons. The van der Waals surface area contributed by atoms with Gasteiger partial charge in [0.2, 0.25) is 0 Å². The van der Waals surface area contributed by atoms with Crippen molar-refractivity contribution in [3.05, 3.63) is 28.8 Å². The van der Waals surface area contributed by atoms with E-state index >= 15 is 0 Å². The average Bonchev–Trinajstić information content (AvgIpc) is 2.63. The summed E-state index contributed by atoms with van der Waals surface area (Å²) in [5.41, 5.74) is 0.268. The van der Waals surface area contributed by atoms with Gasteiger partial charge in [-0.2, -0.15) is 0 Å². The molecule has 1 aliphatic heterocycles. The van der Waals surface area contributed by atoms with Crippen LogP contribution in [-0.4, -0.2) is 42.1 Å². The third-order valence-electron chi connectivity index (χ3n) is 2.93. The summed E-state index contributed by atoms with van der Waals surface area (Å²) in [5.74, 6) is -0.333. The molecule has 0 bridgehead atoms. The third-order valence-corrected chi connectivity index (χ3v) is 3.17. The van der Waals surface area contributed by atoms with E-state index in [4.69, 9.17) is 11.6 Å². The number of aromatic hydroxyl groups is 1. The van der Waals surface area contributed by atoms with Gasteiger partial charge in [0.15, 0.2) is 0 Å². The van der Waals surface area contributed by atoms with Gasteiger partial charge in [-0.05, 0) is 38.2 Å². The standard InChI is InChI=1S/C12H15ClN2O2/c1-15-5-4-9(7-15)14-12(17)10-3-2-8(13)6-11(10)16/h2-3,6,9,16H,4-5,7H2,1H3,(H,14,17). The first kappa shape index (κ1) is 12.2. The molecule has 1 saturated heterocycles. The van der Waals surface area contributed by atoms with Crippen LogP contribution in [0.25, 0.3) is 0 Å². The Morgan fingerprint density at radius 1 is 1.59 bits per heavy atom. The zero-order valence-corrected chi connectivity index (χ0v) is 10.4. The summed E-state index contributed by atoms with van der Waals surface area (Å²) in [5, 5.41) is 13.0. The first-order chi connectivity index (χ1) is 8.06. The quantitative estimate of drug-likeness (QED) is 0.841. The molecule has 17 heavy (non-hydrogen) atoms. The van der Waals surface area contributed by atoms with Crippen LogP contribution in [-0.2, 0) is 0 Å². The van der Waals surface area contributed by atoms with Crippen molar-refractivity contribution in [3.63, 3.8) is 0 Å². The van der Waals surface area contributed by atoms with Crippen LogP contribution in [0.5, 0.6) is 5.75 Å². The Balaban J connectivity index is 2.04. The van der Waals surface area contributed by atoms with Gasteiger partial charge in [0.05, 0.1) is 5.56 Å². The molecular weight excluding hydrogens is 240 g/mol. The van der Waals surface area contributed by atoms with E-state index in [0.717, 1.165) is 19.5 Å². The van der Waals surface area contributed by atoms with E-state index in [1.165, 1.54) is 12.1 Å². The Hall–Kier alpha value is -1.26. The highest BCUT2D eigenvalue weighted by Gasteiger charge is 2.22. The Morgan fingerprint density at radius 3 is 2.94 bits per heavy atom. The summed E-state index contributed by atoms with van der Waals surface area (Å²) in [7, 11) is 2.02. The van der Waals surface area contributed by atoms with Gasteiger partial charge < -0.3 is 15.3 Å². The molecule has 0 aliphatic carbocycles. The number of carbonyl (C=O) groups excluding carboxylic acids is 1. The normalized spacial score (nSPS) is 20.5. The number of nitrogens with one attached hydrogen (secondary N) is 1. The monoisotopic (exact) mass is 254 g/mol. The molecule has 0 spiro atoms. The molecule has 1 unspecified atom stereocenters. The van der Waals surface area contributed by atoms with Crippen molar-refractivity contribution in [2.75, 3.05) is 20.1 Å². The highest BCUT2D eigenvalue weighted by Crippen LogP contribution is 2.22. The van der Waals surface area contributed by atoms with Crippen LogP contribution >= 0.6 is 11.6 Å². The van der Waals surface area contributed by atoms with Crippen LogP contribution in [0.1, 0.15) is 16.8 Å². The number of carbonyl (C=O) groups is 1.